The van der Waals surface area contributed by atoms with Crippen molar-refractivity contribution < 1.29 is 19.1 Å². The minimum absolute atomic E-state index is 0.00811. The van der Waals surface area contributed by atoms with Gasteiger partial charge in [0.05, 0.1) is 43.2 Å². The van der Waals surface area contributed by atoms with Gasteiger partial charge in [-0.15, -0.1) is 0 Å². The molecule has 0 radical (unpaired) electrons. The number of nitrogens with zero attached hydrogens (tertiary/aromatic N) is 3. The lowest BCUT2D eigenvalue weighted by molar-refractivity contribution is -0.131. The van der Waals surface area contributed by atoms with E-state index in [4.69, 9.17) is 9.47 Å². The third-order valence-corrected chi connectivity index (χ3v) is 6.38. The number of benzene rings is 1. The van der Waals surface area contributed by atoms with Crippen LogP contribution in [0.5, 0.6) is 5.75 Å². The highest BCUT2D eigenvalue weighted by atomic mass is 16.5. The summed E-state index contributed by atoms with van der Waals surface area (Å²) in [6, 6.07) is 7.61. The van der Waals surface area contributed by atoms with Gasteiger partial charge in [0.15, 0.2) is 0 Å². The van der Waals surface area contributed by atoms with E-state index in [9.17, 15) is 9.59 Å². The van der Waals surface area contributed by atoms with Gasteiger partial charge < -0.3 is 19.3 Å². The maximum Gasteiger partial charge on any atom is 0.257 e. The van der Waals surface area contributed by atoms with Crippen LogP contribution >= 0.6 is 0 Å². The largest absolute Gasteiger partial charge is 0.497 e. The molecule has 0 bridgehead atoms. The van der Waals surface area contributed by atoms with E-state index in [1.165, 1.54) is 0 Å². The molecule has 3 heterocycles. The third kappa shape index (κ3) is 4.96. The molecule has 2 fully saturated rings. The molecule has 2 amide bonds. The number of ether oxygens (including phenoxy) is 2. The number of carbonyl (C=O) groups excluding carboxylic acids is 2. The highest BCUT2D eigenvalue weighted by Crippen LogP contribution is 2.30. The standard InChI is InChI=1S/C24H32N4O4/c1-16-14-28(15-17(2)32-16)24(30)21-13-25-26-23(21)19-8-10-27(11-9-19)22(29)12-18-4-6-20(31-3)7-5-18/h4-7,13,16-17,19H,8-12,14-15H2,1-3H3,(H,25,26). The van der Waals surface area contributed by atoms with E-state index in [1.807, 2.05) is 47.9 Å². The van der Waals surface area contributed by atoms with Gasteiger partial charge in [-0.25, -0.2) is 0 Å². The second kappa shape index (κ2) is 9.73. The Morgan fingerprint density at radius 3 is 2.38 bits per heavy atom. The second-order valence-electron chi connectivity index (χ2n) is 8.84. The number of piperidine rings is 1. The Balaban J connectivity index is 1.35. The van der Waals surface area contributed by atoms with Gasteiger partial charge in [0.25, 0.3) is 5.91 Å². The molecule has 0 aliphatic carbocycles. The van der Waals surface area contributed by atoms with E-state index in [-0.39, 0.29) is 29.9 Å². The fourth-order valence-electron chi connectivity index (χ4n) is 4.74. The lowest BCUT2D eigenvalue weighted by Gasteiger charge is -2.36. The van der Waals surface area contributed by atoms with E-state index in [0.29, 0.717) is 38.2 Å². The molecular formula is C24H32N4O4. The molecule has 1 N–H and O–H groups in total. The molecule has 2 aromatic rings. The first-order chi connectivity index (χ1) is 15.4. The summed E-state index contributed by atoms with van der Waals surface area (Å²) in [5, 5.41) is 7.25. The topological polar surface area (TPSA) is 87.8 Å². The summed E-state index contributed by atoms with van der Waals surface area (Å²) in [6.45, 7) is 6.52. The van der Waals surface area contributed by atoms with Crippen LogP contribution < -0.4 is 4.74 Å². The minimum atomic E-state index is 0.00811. The van der Waals surface area contributed by atoms with Crippen molar-refractivity contribution in [2.45, 2.75) is 51.2 Å². The number of methoxy groups -OCH3 is 1. The Morgan fingerprint density at radius 1 is 1.09 bits per heavy atom. The lowest BCUT2D eigenvalue weighted by Crippen LogP contribution is -2.48. The van der Waals surface area contributed by atoms with Gasteiger partial charge in [0.2, 0.25) is 5.91 Å². The molecule has 32 heavy (non-hydrogen) atoms. The number of amides is 2. The monoisotopic (exact) mass is 440 g/mol. The van der Waals surface area contributed by atoms with Crippen LogP contribution in [0.25, 0.3) is 0 Å². The molecule has 2 saturated heterocycles. The molecular weight excluding hydrogens is 408 g/mol. The van der Waals surface area contributed by atoms with Crippen LogP contribution in [0.4, 0.5) is 0 Å². The minimum Gasteiger partial charge on any atom is -0.497 e. The quantitative estimate of drug-likeness (QED) is 0.772. The van der Waals surface area contributed by atoms with Crippen LogP contribution in [-0.4, -0.2) is 77.3 Å². The Hall–Kier alpha value is -2.87. The Kier molecular flexibility index (Phi) is 6.79. The van der Waals surface area contributed by atoms with Crippen molar-refractivity contribution >= 4 is 11.8 Å². The highest BCUT2D eigenvalue weighted by molar-refractivity contribution is 5.95. The fraction of sp³-hybridized carbons (Fsp3) is 0.542. The number of hydrogen-bond donors (Lipinski definition) is 1. The van der Waals surface area contributed by atoms with Crippen LogP contribution in [0.1, 0.15) is 54.2 Å². The first-order valence-electron chi connectivity index (χ1n) is 11.3. The Morgan fingerprint density at radius 2 is 1.75 bits per heavy atom. The van der Waals surface area contributed by atoms with E-state index in [1.54, 1.807) is 13.3 Å². The Labute approximate surface area is 188 Å². The number of nitrogens with one attached hydrogen (secondary N) is 1. The normalized spacial score (nSPS) is 22.1. The SMILES string of the molecule is COc1ccc(CC(=O)N2CCC(c3[nH]ncc3C(=O)N3CC(C)OC(C)C3)CC2)cc1. The molecule has 1 aromatic heterocycles. The number of aromatic amines is 1. The molecule has 8 heteroatoms. The first kappa shape index (κ1) is 22.3. The van der Waals surface area contributed by atoms with Crippen molar-refractivity contribution in [1.82, 2.24) is 20.0 Å². The Bertz CT molecular complexity index is 924. The summed E-state index contributed by atoms with van der Waals surface area (Å²) < 4.78 is 10.9. The molecule has 0 spiro atoms. The van der Waals surface area contributed by atoms with E-state index >= 15 is 0 Å². The van der Waals surface area contributed by atoms with Crippen molar-refractivity contribution in [2.75, 3.05) is 33.3 Å². The van der Waals surface area contributed by atoms with Gasteiger partial charge in [-0.2, -0.15) is 5.10 Å². The molecule has 2 atom stereocenters. The maximum absolute atomic E-state index is 13.2. The summed E-state index contributed by atoms with van der Waals surface area (Å²) in [6.07, 6.45) is 3.70. The summed E-state index contributed by atoms with van der Waals surface area (Å²) >= 11 is 0. The number of hydrogen-bond acceptors (Lipinski definition) is 5. The van der Waals surface area contributed by atoms with Crippen molar-refractivity contribution in [3.8, 4) is 5.75 Å². The molecule has 1 aromatic carbocycles. The van der Waals surface area contributed by atoms with Gasteiger partial charge in [-0.1, -0.05) is 12.1 Å². The summed E-state index contributed by atoms with van der Waals surface area (Å²) in [4.78, 5) is 29.7. The van der Waals surface area contributed by atoms with Gasteiger partial charge in [0, 0.05) is 32.1 Å². The molecule has 8 nitrogen and oxygen atoms in total. The zero-order valence-corrected chi connectivity index (χ0v) is 19.0. The first-order valence-corrected chi connectivity index (χ1v) is 11.3. The van der Waals surface area contributed by atoms with Crippen LogP contribution in [0.15, 0.2) is 30.5 Å². The summed E-state index contributed by atoms with van der Waals surface area (Å²) in [5.74, 6) is 1.12. The highest BCUT2D eigenvalue weighted by Gasteiger charge is 2.32. The fourth-order valence-corrected chi connectivity index (χ4v) is 4.74. The van der Waals surface area contributed by atoms with Gasteiger partial charge in [-0.05, 0) is 44.4 Å². The zero-order valence-electron chi connectivity index (χ0n) is 19.0. The van der Waals surface area contributed by atoms with Crippen LogP contribution in [0, 0.1) is 0 Å². The van der Waals surface area contributed by atoms with Gasteiger partial charge in [0.1, 0.15) is 5.75 Å². The van der Waals surface area contributed by atoms with E-state index < -0.39 is 0 Å². The molecule has 2 aliphatic rings. The van der Waals surface area contributed by atoms with Crippen molar-refractivity contribution in [3.63, 3.8) is 0 Å². The summed E-state index contributed by atoms with van der Waals surface area (Å²) in [7, 11) is 1.63. The number of morpholine rings is 1. The average molecular weight is 441 g/mol. The molecule has 2 aliphatic heterocycles. The van der Waals surface area contributed by atoms with Gasteiger partial charge in [-0.3, -0.25) is 14.7 Å². The molecule has 172 valence electrons. The van der Waals surface area contributed by atoms with Crippen molar-refractivity contribution in [3.05, 3.63) is 47.3 Å². The van der Waals surface area contributed by atoms with Crippen LogP contribution in [0.3, 0.4) is 0 Å². The predicted molar refractivity (Wildman–Crippen MR) is 120 cm³/mol. The van der Waals surface area contributed by atoms with Crippen molar-refractivity contribution in [2.24, 2.45) is 0 Å². The van der Waals surface area contributed by atoms with Gasteiger partial charge >= 0.3 is 0 Å². The van der Waals surface area contributed by atoms with Crippen LogP contribution in [0.2, 0.25) is 0 Å². The number of H-pyrrole nitrogens is 1. The summed E-state index contributed by atoms with van der Waals surface area (Å²) in [5.41, 5.74) is 2.52. The number of carbonyl (C=O) groups is 2. The number of rotatable bonds is 5. The third-order valence-electron chi connectivity index (χ3n) is 6.38. The lowest BCUT2D eigenvalue weighted by atomic mass is 9.90. The van der Waals surface area contributed by atoms with E-state index in [0.717, 1.165) is 29.8 Å². The van der Waals surface area contributed by atoms with Crippen LogP contribution in [-0.2, 0) is 16.0 Å². The zero-order chi connectivity index (χ0) is 22.7. The predicted octanol–water partition coefficient (Wildman–Crippen LogP) is 2.62. The molecule has 2 unspecified atom stereocenters. The number of likely N-dealkylation sites (tertiary alicyclic amines) is 1. The molecule has 4 rings (SSSR count). The smallest absolute Gasteiger partial charge is 0.257 e. The molecule has 0 saturated carbocycles. The van der Waals surface area contributed by atoms with E-state index in [2.05, 4.69) is 10.2 Å². The average Bonchev–Trinajstić information content (AvgIpc) is 3.28. The number of aromatic nitrogens is 2. The van der Waals surface area contributed by atoms with Crippen molar-refractivity contribution in [1.29, 1.82) is 0 Å². The maximum atomic E-state index is 13.2. The second-order valence-corrected chi connectivity index (χ2v) is 8.84.